The lowest BCUT2D eigenvalue weighted by Gasteiger charge is -2.36. The lowest BCUT2D eigenvalue weighted by molar-refractivity contribution is -0.131. The van der Waals surface area contributed by atoms with Gasteiger partial charge in [-0.1, -0.05) is 6.07 Å². The first-order valence-electron chi connectivity index (χ1n) is 10.5. The highest BCUT2D eigenvalue weighted by Gasteiger charge is 2.24. The van der Waals surface area contributed by atoms with E-state index in [1.165, 1.54) is 6.07 Å². The molecule has 2 fully saturated rings. The van der Waals surface area contributed by atoms with Crippen LogP contribution in [-0.2, 0) is 11.3 Å². The molecule has 1 N–H and O–H groups in total. The standard InChI is InChI=1S/C21H32FN5O2.HI/c1-3-29-19-7-6-17(14-18(19)22)15-24-21(23-2)27-12-10-25(11-13-27)16-20(28)26-8-4-5-9-26;/h6-7,14H,3-5,8-13,15-16H2,1-2H3,(H,23,24);1H. The highest BCUT2D eigenvalue weighted by molar-refractivity contribution is 14.0. The molecule has 0 aliphatic carbocycles. The fraction of sp³-hybridized carbons (Fsp3) is 0.619. The minimum atomic E-state index is -0.350. The third-order valence-corrected chi connectivity index (χ3v) is 5.45. The molecule has 2 aliphatic heterocycles. The highest BCUT2D eigenvalue weighted by Crippen LogP contribution is 2.18. The van der Waals surface area contributed by atoms with E-state index in [0.717, 1.165) is 63.6 Å². The van der Waals surface area contributed by atoms with E-state index in [9.17, 15) is 9.18 Å². The van der Waals surface area contributed by atoms with Crippen LogP contribution < -0.4 is 10.1 Å². The van der Waals surface area contributed by atoms with E-state index < -0.39 is 0 Å². The number of guanidine groups is 1. The maximum Gasteiger partial charge on any atom is 0.236 e. The van der Waals surface area contributed by atoms with Crippen LogP contribution in [0, 0.1) is 5.82 Å². The van der Waals surface area contributed by atoms with Crippen LogP contribution in [0.2, 0.25) is 0 Å². The number of rotatable bonds is 6. The van der Waals surface area contributed by atoms with E-state index in [4.69, 9.17) is 4.74 Å². The van der Waals surface area contributed by atoms with Crippen molar-refractivity contribution >= 4 is 35.8 Å². The zero-order valence-electron chi connectivity index (χ0n) is 17.9. The summed E-state index contributed by atoms with van der Waals surface area (Å²) in [7, 11) is 1.75. The summed E-state index contributed by atoms with van der Waals surface area (Å²) in [4.78, 5) is 23.1. The number of hydrogen-bond acceptors (Lipinski definition) is 4. The van der Waals surface area contributed by atoms with Crippen molar-refractivity contribution in [1.82, 2.24) is 20.0 Å². The van der Waals surface area contributed by atoms with Crippen LogP contribution >= 0.6 is 24.0 Å². The molecule has 0 saturated carbocycles. The molecule has 2 heterocycles. The van der Waals surface area contributed by atoms with Crippen molar-refractivity contribution in [2.24, 2.45) is 4.99 Å². The molecule has 168 valence electrons. The van der Waals surface area contributed by atoms with Gasteiger partial charge in [0.25, 0.3) is 0 Å². The van der Waals surface area contributed by atoms with E-state index in [0.29, 0.717) is 19.7 Å². The Morgan fingerprint density at radius 1 is 1.13 bits per heavy atom. The zero-order chi connectivity index (χ0) is 20.6. The summed E-state index contributed by atoms with van der Waals surface area (Å²) in [5.74, 6) is 0.971. The number of amides is 1. The molecule has 2 aliphatic rings. The van der Waals surface area contributed by atoms with Gasteiger partial charge in [-0.25, -0.2) is 4.39 Å². The Morgan fingerprint density at radius 3 is 2.43 bits per heavy atom. The molecule has 0 radical (unpaired) electrons. The van der Waals surface area contributed by atoms with Gasteiger partial charge in [-0.2, -0.15) is 0 Å². The van der Waals surface area contributed by atoms with Crippen molar-refractivity contribution in [3.63, 3.8) is 0 Å². The van der Waals surface area contributed by atoms with Gasteiger partial charge >= 0.3 is 0 Å². The second-order valence-electron chi connectivity index (χ2n) is 7.45. The van der Waals surface area contributed by atoms with Gasteiger partial charge in [0, 0.05) is 52.9 Å². The van der Waals surface area contributed by atoms with Gasteiger partial charge < -0.3 is 19.9 Å². The maximum atomic E-state index is 14.0. The van der Waals surface area contributed by atoms with E-state index in [1.807, 2.05) is 17.9 Å². The van der Waals surface area contributed by atoms with Crippen molar-refractivity contribution in [2.45, 2.75) is 26.3 Å². The molecule has 1 aromatic rings. The number of hydrogen-bond donors (Lipinski definition) is 1. The van der Waals surface area contributed by atoms with Gasteiger partial charge in [0.05, 0.1) is 13.2 Å². The van der Waals surface area contributed by atoms with Gasteiger partial charge in [-0.3, -0.25) is 14.7 Å². The maximum absolute atomic E-state index is 14.0. The number of aliphatic imine (C=N–C) groups is 1. The molecule has 0 bridgehead atoms. The molecule has 9 heteroatoms. The van der Waals surface area contributed by atoms with Crippen molar-refractivity contribution in [1.29, 1.82) is 0 Å². The minimum absolute atomic E-state index is 0. The summed E-state index contributed by atoms with van der Waals surface area (Å²) in [6.45, 7) is 8.36. The molecule has 7 nitrogen and oxygen atoms in total. The number of nitrogens with zero attached hydrogens (tertiary/aromatic N) is 4. The molecule has 2 saturated heterocycles. The fourth-order valence-corrected chi connectivity index (χ4v) is 3.82. The first-order chi connectivity index (χ1) is 14.1. The van der Waals surface area contributed by atoms with Crippen molar-refractivity contribution in [2.75, 3.05) is 59.5 Å². The molecular weight excluding hydrogens is 500 g/mol. The Hall–Kier alpha value is -1.62. The van der Waals surface area contributed by atoms with Gasteiger partial charge in [0.2, 0.25) is 5.91 Å². The Bertz CT molecular complexity index is 719. The SMILES string of the molecule is CCOc1ccc(CNC(=NC)N2CCN(CC(=O)N3CCCC3)CC2)cc1F.I. The number of ether oxygens (including phenoxy) is 1. The smallest absolute Gasteiger partial charge is 0.236 e. The highest BCUT2D eigenvalue weighted by atomic mass is 127. The average Bonchev–Trinajstić information content (AvgIpc) is 3.27. The predicted octanol–water partition coefficient (Wildman–Crippen LogP) is 2.16. The van der Waals surface area contributed by atoms with Gasteiger partial charge in [0.15, 0.2) is 17.5 Å². The molecule has 0 spiro atoms. The topological polar surface area (TPSA) is 60.4 Å². The summed E-state index contributed by atoms with van der Waals surface area (Å²) in [6, 6.07) is 5.01. The molecule has 0 atom stereocenters. The fourth-order valence-electron chi connectivity index (χ4n) is 3.82. The number of likely N-dealkylation sites (tertiary alicyclic amines) is 1. The molecule has 1 amide bonds. The predicted molar refractivity (Wildman–Crippen MR) is 127 cm³/mol. The summed E-state index contributed by atoms with van der Waals surface area (Å²) in [5, 5.41) is 3.31. The Kier molecular flexibility index (Phi) is 10.1. The Morgan fingerprint density at radius 2 is 1.83 bits per heavy atom. The summed E-state index contributed by atoms with van der Waals surface area (Å²) in [5.41, 5.74) is 0.835. The third kappa shape index (κ3) is 6.69. The zero-order valence-corrected chi connectivity index (χ0v) is 20.2. The first kappa shape index (κ1) is 24.6. The van der Waals surface area contributed by atoms with E-state index in [2.05, 4.69) is 20.1 Å². The number of piperazine rings is 1. The molecule has 30 heavy (non-hydrogen) atoms. The molecule has 3 rings (SSSR count). The lowest BCUT2D eigenvalue weighted by atomic mass is 10.2. The van der Waals surface area contributed by atoms with Crippen LogP contribution in [0.15, 0.2) is 23.2 Å². The van der Waals surface area contributed by atoms with Crippen molar-refractivity contribution in [3.8, 4) is 5.75 Å². The monoisotopic (exact) mass is 533 g/mol. The number of carbonyl (C=O) groups is 1. The molecule has 0 aromatic heterocycles. The quantitative estimate of drug-likeness (QED) is 0.345. The second-order valence-corrected chi connectivity index (χ2v) is 7.45. The number of benzene rings is 1. The van der Waals surface area contributed by atoms with Gasteiger partial charge in [-0.15, -0.1) is 24.0 Å². The van der Waals surface area contributed by atoms with E-state index >= 15 is 0 Å². The number of carbonyl (C=O) groups excluding carboxylic acids is 1. The van der Waals surface area contributed by atoms with Crippen LogP contribution in [0.4, 0.5) is 4.39 Å². The van der Waals surface area contributed by atoms with Crippen LogP contribution in [0.1, 0.15) is 25.3 Å². The first-order valence-corrected chi connectivity index (χ1v) is 10.5. The summed E-state index contributed by atoms with van der Waals surface area (Å²) >= 11 is 0. The minimum Gasteiger partial charge on any atom is -0.491 e. The largest absolute Gasteiger partial charge is 0.491 e. The molecule has 0 unspecified atom stereocenters. The average molecular weight is 533 g/mol. The summed E-state index contributed by atoms with van der Waals surface area (Å²) in [6.07, 6.45) is 2.25. The normalized spacial score (nSPS) is 17.6. The van der Waals surface area contributed by atoms with Crippen LogP contribution in [0.25, 0.3) is 0 Å². The van der Waals surface area contributed by atoms with E-state index in [-0.39, 0.29) is 41.5 Å². The van der Waals surface area contributed by atoms with Crippen LogP contribution in [0.3, 0.4) is 0 Å². The number of halogens is 2. The summed E-state index contributed by atoms with van der Waals surface area (Å²) < 4.78 is 19.3. The Balaban J connectivity index is 0.00000320. The molecule has 1 aromatic carbocycles. The third-order valence-electron chi connectivity index (χ3n) is 5.45. The van der Waals surface area contributed by atoms with E-state index in [1.54, 1.807) is 13.1 Å². The Labute approximate surface area is 195 Å². The number of nitrogens with one attached hydrogen (secondary N) is 1. The lowest BCUT2D eigenvalue weighted by Crippen LogP contribution is -2.54. The van der Waals surface area contributed by atoms with Crippen molar-refractivity contribution < 1.29 is 13.9 Å². The second kappa shape index (κ2) is 12.3. The molecular formula is C21H33FIN5O2. The van der Waals surface area contributed by atoms with Crippen LogP contribution in [-0.4, -0.2) is 86.0 Å². The van der Waals surface area contributed by atoms with Gasteiger partial charge in [-0.05, 0) is 37.5 Å². The van der Waals surface area contributed by atoms with Gasteiger partial charge in [0.1, 0.15) is 0 Å². The van der Waals surface area contributed by atoms with Crippen molar-refractivity contribution in [3.05, 3.63) is 29.6 Å². The van der Waals surface area contributed by atoms with Crippen LogP contribution in [0.5, 0.6) is 5.75 Å².